The molecule has 2 N–H and O–H groups in total. The van der Waals surface area contributed by atoms with Gasteiger partial charge < -0.3 is 10.4 Å². The van der Waals surface area contributed by atoms with Gasteiger partial charge >= 0.3 is 12.5 Å². The summed E-state index contributed by atoms with van der Waals surface area (Å²) in [5, 5.41) is 15.5. The number of carboxylic acids is 1. The van der Waals surface area contributed by atoms with E-state index < -0.39 is 24.0 Å². The van der Waals surface area contributed by atoms with Crippen LogP contribution >= 0.6 is 0 Å². The molecule has 1 aromatic rings. The third-order valence-corrected chi connectivity index (χ3v) is 4.21. The van der Waals surface area contributed by atoms with Gasteiger partial charge in [0.1, 0.15) is 0 Å². The number of aryl methyl sites for hydroxylation is 1. The number of nitrogens with one attached hydrogen (secondary N) is 1. The third kappa shape index (κ3) is 4.49. The predicted molar refractivity (Wildman–Crippen MR) is 80.3 cm³/mol. The van der Waals surface area contributed by atoms with Crippen LogP contribution in [0.25, 0.3) is 0 Å². The van der Waals surface area contributed by atoms with Crippen LogP contribution in [0.4, 0.5) is 8.78 Å². The molecule has 6 nitrogen and oxygen atoms in total. The SMILES string of the molecule is Cc1nn(C(F)F)c(C)c1CC(=O)NC(C)(CC(=O)O)C(C)C. The van der Waals surface area contributed by atoms with Crippen molar-refractivity contribution in [1.82, 2.24) is 15.1 Å². The minimum atomic E-state index is -2.77. The van der Waals surface area contributed by atoms with Crippen LogP contribution in [0.2, 0.25) is 0 Å². The molecule has 1 unspecified atom stereocenters. The Morgan fingerprint density at radius 2 is 1.91 bits per heavy atom. The average Bonchev–Trinajstić information content (AvgIpc) is 2.65. The molecule has 8 heteroatoms. The molecule has 23 heavy (non-hydrogen) atoms. The van der Waals surface area contributed by atoms with E-state index in [1.54, 1.807) is 13.8 Å². The first kappa shape index (κ1) is 19.1. The summed E-state index contributed by atoms with van der Waals surface area (Å²) in [5.74, 6) is -1.53. The standard InChI is InChI=1S/C15H23F2N3O3/c1-8(2)15(5,7-13(22)23)18-12(21)6-11-9(3)19-20(10(11)4)14(16)17/h8,14H,6-7H2,1-5H3,(H,18,21)(H,22,23). The number of carboxylic acid groups (broad SMARTS) is 1. The molecule has 1 rings (SSSR count). The zero-order valence-corrected chi connectivity index (χ0v) is 14.0. The van der Waals surface area contributed by atoms with Crippen LogP contribution in [0.15, 0.2) is 0 Å². The number of aliphatic carboxylic acids is 1. The van der Waals surface area contributed by atoms with Crippen LogP contribution < -0.4 is 5.32 Å². The van der Waals surface area contributed by atoms with Crippen molar-refractivity contribution in [2.45, 2.75) is 59.5 Å². The molecule has 0 saturated heterocycles. The van der Waals surface area contributed by atoms with Gasteiger partial charge in [-0.2, -0.15) is 13.9 Å². The number of carbonyl (C=O) groups is 2. The summed E-state index contributed by atoms with van der Waals surface area (Å²) in [5.41, 5.74) is 0.118. The molecular formula is C15H23F2N3O3. The molecule has 1 heterocycles. The molecule has 0 bridgehead atoms. The minimum absolute atomic E-state index is 0.103. The Labute approximate surface area is 133 Å². The Balaban J connectivity index is 2.94. The summed E-state index contributed by atoms with van der Waals surface area (Å²) in [7, 11) is 0. The van der Waals surface area contributed by atoms with Gasteiger partial charge in [-0.3, -0.25) is 9.59 Å². The van der Waals surface area contributed by atoms with Crippen LogP contribution in [-0.4, -0.2) is 32.3 Å². The number of halogens is 2. The molecule has 130 valence electrons. The van der Waals surface area contributed by atoms with Gasteiger partial charge in [0.15, 0.2) is 0 Å². The van der Waals surface area contributed by atoms with Crippen molar-refractivity contribution in [2.75, 3.05) is 0 Å². The average molecular weight is 331 g/mol. The lowest BCUT2D eigenvalue weighted by Crippen LogP contribution is -2.51. The van der Waals surface area contributed by atoms with Crippen molar-refractivity contribution >= 4 is 11.9 Å². The van der Waals surface area contributed by atoms with Gasteiger partial charge in [0, 0.05) is 16.8 Å². The van der Waals surface area contributed by atoms with E-state index in [1.165, 1.54) is 6.92 Å². The number of hydrogen-bond donors (Lipinski definition) is 2. The van der Waals surface area contributed by atoms with Gasteiger partial charge in [-0.05, 0) is 26.7 Å². The van der Waals surface area contributed by atoms with Crippen LogP contribution in [-0.2, 0) is 16.0 Å². The largest absolute Gasteiger partial charge is 0.481 e. The van der Waals surface area contributed by atoms with E-state index in [9.17, 15) is 18.4 Å². The first-order valence-corrected chi connectivity index (χ1v) is 7.33. The molecule has 0 aromatic carbocycles. The topological polar surface area (TPSA) is 84.2 Å². The highest BCUT2D eigenvalue weighted by molar-refractivity contribution is 5.81. The van der Waals surface area contributed by atoms with E-state index in [2.05, 4.69) is 10.4 Å². The lowest BCUT2D eigenvalue weighted by molar-refractivity contribution is -0.139. The number of alkyl halides is 2. The Hall–Kier alpha value is -1.99. The van der Waals surface area contributed by atoms with Crippen LogP contribution in [0.5, 0.6) is 0 Å². The number of aromatic nitrogens is 2. The number of carbonyl (C=O) groups excluding carboxylic acids is 1. The molecule has 1 atom stereocenters. The lowest BCUT2D eigenvalue weighted by atomic mass is 9.85. The highest BCUT2D eigenvalue weighted by Gasteiger charge is 2.33. The maximum atomic E-state index is 12.8. The van der Waals surface area contributed by atoms with Gasteiger partial charge in [0.2, 0.25) is 5.91 Å². The molecule has 0 aliphatic rings. The maximum Gasteiger partial charge on any atom is 0.333 e. The van der Waals surface area contributed by atoms with Crippen molar-refractivity contribution in [3.8, 4) is 0 Å². The summed E-state index contributed by atoms with van der Waals surface area (Å²) in [6.45, 7) is 5.56. The third-order valence-electron chi connectivity index (χ3n) is 4.21. The van der Waals surface area contributed by atoms with E-state index in [1.807, 2.05) is 13.8 Å². The van der Waals surface area contributed by atoms with Crippen molar-refractivity contribution in [1.29, 1.82) is 0 Å². The summed E-state index contributed by atoms with van der Waals surface area (Å²) < 4.78 is 26.2. The van der Waals surface area contributed by atoms with E-state index in [4.69, 9.17) is 5.11 Å². The second-order valence-electron chi connectivity index (χ2n) is 6.24. The minimum Gasteiger partial charge on any atom is -0.481 e. The summed E-state index contributed by atoms with van der Waals surface area (Å²) in [4.78, 5) is 23.3. The van der Waals surface area contributed by atoms with Crippen LogP contribution in [0.3, 0.4) is 0 Å². The predicted octanol–water partition coefficient (Wildman–Crippen LogP) is 2.44. The molecule has 1 amide bonds. The highest BCUT2D eigenvalue weighted by Crippen LogP contribution is 2.23. The molecule has 0 radical (unpaired) electrons. The van der Waals surface area contributed by atoms with Crippen molar-refractivity contribution in [3.63, 3.8) is 0 Å². The summed E-state index contributed by atoms with van der Waals surface area (Å²) >= 11 is 0. The van der Waals surface area contributed by atoms with Gasteiger partial charge in [0.05, 0.1) is 18.5 Å². The Morgan fingerprint density at radius 3 is 2.30 bits per heavy atom. The molecular weight excluding hydrogens is 308 g/mol. The maximum absolute atomic E-state index is 12.8. The Bertz CT molecular complexity index is 599. The van der Waals surface area contributed by atoms with Gasteiger partial charge in [-0.1, -0.05) is 13.8 Å². The summed E-state index contributed by atoms with van der Waals surface area (Å²) in [6.07, 6.45) is -0.336. The van der Waals surface area contributed by atoms with Gasteiger partial charge in [-0.15, -0.1) is 0 Å². The highest BCUT2D eigenvalue weighted by atomic mass is 19.3. The molecule has 0 aliphatic heterocycles. The van der Waals surface area contributed by atoms with E-state index in [0.29, 0.717) is 15.9 Å². The number of hydrogen-bond acceptors (Lipinski definition) is 3. The molecule has 0 spiro atoms. The quantitative estimate of drug-likeness (QED) is 0.804. The van der Waals surface area contributed by atoms with Crippen molar-refractivity contribution < 1.29 is 23.5 Å². The zero-order valence-electron chi connectivity index (χ0n) is 14.0. The molecule has 0 fully saturated rings. The number of rotatable bonds is 7. The lowest BCUT2D eigenvalue weighted by Gasteiger charge is -2.33. The number of nitrogens with zero attached hydrogens (tertiary/aromatic N) is 2. The summed E-state index contributed by atoms with van der Waals surface area (Å²) in [6, 6.07) is 0. The molecule has 0 aliphatic carbocycles. The molecule has 0 saturated carbocycles. The molecule has 1 aromatic heterocycles. The normalized spacial score (nSPS) is 14.1. The fourth-order valence-corrected chi connectivity index (χ4v) is 2.37. The van der Waals surface area contributed by atoms with E-state index in [-0.39, 0.29) is 24.5 Å². The van der Waals surface area contributed by atoms with Crippen molar-refractivity contribution in [3.05, 3.63) is 17.0 Å². The second-order valence-corrected chi connectivity index (χ2v) is 6.24. The van der Waals surface area contributed by atoms with Crippen LogP contribution in [0, 0.1) is 19.8 Å². The first-order valence-electron chi connectivity index (χ1n) is 7.33. The van der Waals surface area contributed by atoms with E-state index >= 15 is 0 Å². The van der Waals surface area contributed by atoms with Crippen LogP contribution in [0.1, 0.15) is 50.7 Å². The van der Waals surface area contributed by atoms with Gasteiger partial charge in [0.25, 0.3) is 0 Å². The monoisotopic (exact) mass is 331 g/mol. The smallest absolute Gasteiger partial charge is 0.333 e. The zero-order chi connectivity index (χ0) is 17.9. The first-order chi connectivity index (χ1) is 10.5. The second kappa shape index (κ2) is 7.06. The Kier molecular flexibility index (Phi) is 5.85. The van der Waals surface area contributed by atoms with Gasteiger partial charge in [-0.25, -0.2) is 4.68 Å². The number of amides is 1. The Morgan fingerprint density at radius 1 is 1.35 bits per heavy atom. The van der Waals surface area contributed by atoms with Crippen molar-refractivity contribution in [2.24, 2.45) is 5.92 Å². The van der Waals surface area contributed by atoms with E-state index in [0.717, 1.165) is 0 Å². The fraction of sp³-hybridized carbons (Fsp3) is 0.667. The fourth-order valence-electron chi connectivity index (χ4n) is 2.37.